The maximum Gasteiger partial charge on any atom is 0.339 e. The van der Waals surface area contributed by atoms with Gasteiger partial charge in [-0.2, -0.15) is 0 Å². The number of fused-ring (bicyclic) bond motifs is 2. The molecule has 2 heterocycles. The standard InChI is InChI=1S/C17H19NO3/c1-5-18-13-7-15-12(14(19)8-16(20)21-15)6-11(13)10(2)9-17(18,3)4/h6-9,19H,5H2,1-4H3. The van der Waals surface area contributed by atoms with Crippen LogP contribution in [0.4, 0.5) is 5.69 Å². The van der Waals surface area contributed by atoms with Gasteiger partial charge in [-0.15, -0.1) is 0 Å². The smallest absolute Gasteiger partial charge is 0.339 e. The highest BCUT2D eigenvalue weighted by molar-refractivity contribution is 5.94. The van der Waals surface area contributed by atoms with E-state index in [0.29, 0.717) is 11.0 Å². The average Bonchev–Trinajstić information content (AvgIpc) is 2.36. The van der Waals surface area contributed by atoms with Crippen molar-refractivity contribution in [3.63, 3.8) is 0 Å². The maximum absolute atomic E-state index is 11.5. The van der Waals surface area contributed by atoms with E-state index in [9.17, 15) is 9.90 Å². The summed E-state index contributed by atoms with van der Waals surface area (Å²) in [6.45, 7) is 9.33. The van der Waals surface area contributed by atoms with Crippen molar-refractivity contribution in [1.82, 2.24) is 0 Å². The van der Waals surface area contributed by atoms with Gasteiger partial charge in [0.2, 0.25) is 0 Å². The minimum atomic E-state index is -0.537. The Hall–Kier alpha value is -2.23. The molecule has 110 valence electrons. The summed E-state index contributed by atoms with van der Waals surface area (Å²) in [6, 6.07) is 4.86. The summed E-state index contributed by atoms with van der Waals surface area (Å²) < 4.78 is 5.24. The van der Waals surface area contributed by atoms with Gasteiger partial charge >= 0.3 is 5.63 Å². The summed E-state index contributed by atoms with van der Waals surface area (Å²) in [6.07, 6.45) is 2.22. The molecule has 0 aliphatic carbocycles. The third-order valence-corrected chi connectivity index (χ3v) is 4.14. The normalized spacial score (nSPS) is 16.8. The van der Waals surface area contributed by atoms with Gasteiger partial charge in [0.25, 0.3) is 0 Å². The minimum absolute atomic E-state index is 0.0373. The fourth-order valence-corrected chi connectivity index (χ4v) is 3.29. The number of hydrogen-bond donors (Lipinski definition) is 1. The second-order valence-electron chi connectivity index (χ2n) is 6.04. The van der Waals surface area contributed by atoms with Crippen molar-refractivity contribution in [1.29, 1.82) is 0 Å². The van der Waals surface area contributed by atoms with Gasteiger partial charge < -0.3 is 14.4 Å². The molecular weight excluding hydrogens is 266 g/mol. The van der Waals surface area contributed by atoms with Crippen molar-refractivity contribution in [2.24, 2.45) is 0 Å². The van der Waals surface area contributed by atoms with Crippen LogP contribution in [0.5, 0.6) is 5.75 Å². The Morgan fingerprint density at radius 1 is 1.29 bits per heavy atom. The molecule has 0 unspecified atom stereocenters. The first-order chi connectivity index (χ1) is 9.83. The first-order valence-electron chi connectivity index (χ1n) is 7.12. The van der Waals surface area contributed by atoms with Crippen LogP contribution in [0.2, 0.25) is 0 Å². The molecule has 1 aromatic heterocycles. The highest BCUT2D eigenvalue weighted by atomic mass is 16.4. The number of rotatable bonds is 1. The van der Waals surface area contributed by atoms with Gasteiger partial charge in [0.1, 0.15) is 11.3 Å². The van der Waals surface area contributed by atoms with E-state index in [1.165, 1.54) is 0 Å². The molecule has 0 saturated heterocycles. The van der Waals surface area contributed by atoms with E-state index in [4.69, 9.17) is 4.42 Å². The lowest BCUT2D eigenvalue weighted by molar-refractivity contribution is 0.468. The number of anilines is 1. The van der Waals surface area contributed by atoms with Crippen molar-refractivity contribution < 1.29 is 9.52 Å². The Balaban J connectivity index is 2.38. The molecule has 1 aliphatic rings. The molecule has 1 aromatic carbocycles. The fourth-order valence-electron chi connectivity index (χ4n) is 3.29. The molecule has 2 aromatic rings. The molecule has 0 spiro atoms. The second kappa shape index (κ2) is 4.38. The van der Waals surface area contributed by atoms with Crippen LogP contribution in [0.25, 0.3) is 16.5 Å². The average molecular weight is 285 g/mol. The van der Waals surface area contributed by atoms with Crippen LogP contribution in [0.15, 0.2) is 33.5 Å². The van der Waals surface area contributed by atoms with Gasteiger partial charge in [0.15, 0.2) is 0 Å². The van der Waals surface area contributed by atoms with Crippen molar-refractivity contribution >= 4 is 22.2 Å². The lowest BCUT2D eigenvalue weighted by atomic mass is 9.88. The molecule has 0 bridgehead atoms. The summed E-state index contributed by atoms with van der Waals surface area (Å²) in [4.78, 5) is 13.7. The largest absolute Gasteiger partial charge is 0.507 e. The van der Waals surface area contributed by atoms with E-state index in [0.717, 1.165) is 29.4 Å². The Kier molecular flexibility index (Phi) is 2.87. The number of allylic oxidation sites excluding steroid dienone is 1. The van der Waals surface area contributed by atoms with E-state index in [-0.39, 0.29) is 11.3 Å². The van der Waals surface area contributed by atoms with Gasteiger partial charge in [-0.05, 0) is 39.3 Å². The van der Waals surface area contributed by atoms with Crippen molar-refractivity contribution in [2.45, 2.75) is 33.2 Å². The summed E-state index contributed by atoms with van der Waals surface area (Å²) in [5.74, 6) is -0.0373. The first-order valence-corrected chi connectivity index (χ1v) is 7.12. The highest BCUT2D eigenvalue weighted by Crippen LogP contribution is 2.41. The monoisotopic (exact) mass is 285 g/mol. The molecular formula is C17H19NO3. The van der Waals surface area contributed by atoms with Crippen LogP contribution in [-0.4, -0.2) is 17.2 Å². The number of benzene rings is 1. The van der Waals surface area contributed by atoms with E-state index in [1.54, 1.807) is 0 Å². The zero-order valence-corrected chi connectivity index (χ0v) is 12.7. The van der Waals surface area contributed by atoms with Crippen LogP contribution >= 0.6 is 0 Å². The lowest BCUT2D eigenvalue weighted by Crippen LogP contribution is -2.44. The molecule has 0 saturated carbocycles. The highest BCUT2D eigenvalue weighted by Gasteiger charge is 2.30. The Morgan fingerprint density at radius 3 is 2.67 bits per heavy atom. The predicted octanol–water partition coefficient (Wildman–Crippen LogP) is 3.52. The minimum Gasteiger partial charge on any atom is -0.507 e. The first kappa shape index (κ1) is 13.7. The molecule has 4 nitrogen and oxygen atoms in total. The number of aromatic hydroxyl groups is 1. The quantitative estimate of drug-likeness (QED) is 0.814. The molecule has 0 atom stereocenters. The molecule has 1 N–H and O–H groups in total. The zero-order valence-electron chi connectivity index (χ0n) is 12.7. The fraction of sp³-hybridized carbons (Fsp3) is 0.353. The third-order valence-electron chi connectivity index (χ3n) is 4.14. The van der Waals surface area contributed by atoms with Gasteiger partial charge in [0, 0.05) is 23.9 Å². The summed E-state index contributed by atoms with van der Waals surface area (Å²) in [7, 11) is 0. The van der Waals surface area contributed by atoms with Crippen LogP contribution in [-0.2, 0) is 0 Å². The molecule has 21 heavy (non-hydrogen) atoms. The van der Waals surface area contributed by atoms with Gasteiger partial charge in [-0.25, -0.2) is 4.79 Å². The molecule has 0 radical (unpaired) electrons. The second-order valence-corrected chi connectivity index (χ2v) is 6.04. The van der Waals surface area contributed by atoms with Crippen LogP contribution in [0.3, 0.4) is 0 Å². The topological polar surface area (TPSA) is 53.7 Å². The van der Waals surface area contributed by atoms with Crippen molar-refractivity contribution in [3.05, 3.63) is 40.3 Å². The van der Waals surface area contributed by atoms with Crippen LogP contribution in [0.1, 0.15) is 33.3 Å². The van der Waals surface area contributed by atoms with Gasteiger partial charge in [0.05, 0.1) is 17.0 Å². The predicted molar refractivity (Wildman–Crippen MR) is 84.9 cm³/mol. The zero-order chi connectivity index (χ0) is 15.4. The molecule has 4 heteroatoms. The summed E-state index contributed by atoms with van der Waals surface area (Å²) >= 11 is 0. The van der Waals surface area contributed by atoms with E-state index in [1.807, 2.05) is 12.1 Å². The van der Waals surface area contributed by atoms with E-state index < -0.39 is 5.63 Å². The van der Waals surface area contributed by atoms with E-state index >= 15 is 0 Å². The molecule has 0 amide bonds. The Bertz CT molecular complexity index is 815. The van der Waals surface area contributed by atoms with Crippen LogP contribution < -0.4 is 10.5 Å². The Labute approximate surface area is 123 Å². The van der Waals surface area contributed by atoms with Gasteiger partial charge in [-0.3, -0.25) is 0 Å². The SMILES string of the molecule is CCN1c2cc3oc(=O)cc(O)c3cc2C(C)=CC1(C)C. The summed E-state index contributed by atoms with van der Waals surface area (Å²) in [5, 5.41) is 10.5. The molecule has 3 rings (SSSR count). The maximum atomic E-state index is 11.5. The molecule has 0 fully saturated rings. The van der Waals surface area contributed by atoms with E-state index in [2.05, 4.69) is 38.7 Å². The number of hydrogen-bond acceptors (Lipinski definition) is 4. The van der Waals surface area contributed by atoms with Crippen LogP contribution in [0, 0.1) is 0 Å². The number of nitrogens with zero attached hydrogens (tertiary/aromatic N) is 1. The Morgan fingerprint density at radius 2 is 2.00 bits per heavy atom. The molecule has 1 aliphatic heterocycles. The van der Waals surface area contributed by atoms with Gasteiger partial charge in [-0.1, -0.05) is 6.08 Å². The third kappa shape index (κ3) is 2.02. The summed E-state index contributed by atoms with van der Waals surface area (Å²) in [5.41, 5.74) is 3.04. The van der Waals surface area contributed by atoms with Crippen molar-refractivity contribution in [3.8, 4) is 5.75 Å². The lowest BCUT2D eigenvalue weighted by Gasteiger charge is -2.42. The van der Waals surface area contributed by atoms with Crippen molar-refractivity contribution in [2.75, 3.05) is 11.4 Å². The number of likely N-dealkylation sites (N-methyl/N-ethyl adjacent to an activating group) is 1.